The van der Waals surface area contributed by atoms with E-state index in [0.29, 0.717) is 30.0 Å². The van der Waals surface area contributed by atoms with Gasteiger partial charge >= 0.3 is 0 Å². The van der Waals surface area contributed by atoms with Gasteiger partial charge in [-0.3, -0.25) is 13.9 Å². The summed E-state index contributed by atoms with van der Waals surface area (Å²) in [6, 6.07) is 20.8. The van der Waals surface area contributed by atoms with Crippen molar-refractivity contribution in [3.05, 3.63) is 89.5 Å². The van der Waals surface area contributed by atoms with Crippen molar-refractivity contribution < 1.29 is 22.7 Å². The predicted octanol–water partition coefficient (Wildman–Crippen LogP) is 2.92. The summed E-state index contributed by atoms with van der Waals surface area (Å²) in [7, 11) is -1.09. The van der Waals surface area contributed by atoms with Crippen molar-refractivity contribution in [3.63, 3.8) is 0 Å². The van der Waals surface area contributed by atoms with E-state index in [2.05, 4.69) is 10.6 Å². The number of hydrogen-bond acceptors (Lipinski definition) is 5. The molecular formula is C26H29N3O5S. The lowest BCUT2D eigenvalue weighted by Crippen LogP contribution is -2.38. The predicted molar refractivity (Wildman–Crippen MR) is 135 cm³/mol. The second-order valence-corrected chi connectivity index (χ2v) is 9.86. The molecule has 3 rings (SSSR count). The smallest absolute Gasteiger partial charge is 0.264 e. The minimum atomic E-state index is -3.97. The third kappa shape index (κ3) is 6.39. The molecule has 2 amide bonds. The number of nitrogens with one attached hydrogen (secondary N) is 2. The van der Waals surface area contributed by atoms with Gasteiger partial charge in [-0.25, -0.2) is 8.42 Å². The van der Waals surface area contributed by atoms with E-state index in [9.17, 15) is 18.0 Å². The molecule has 3 aromatic carbocycles. The van der Waals surface area contributed by atoms with Crippen molar-refractivity contribution in [3.8, 4) is 5.75 Å². The van der Waals surface area contributed by atoms with Crippen molar-refractivity contribution in [1.29, 1.82) is 0 Å². The molecule has 3 aromatic rings. The van der Waals surface area contributed by atoms with Crippen molar-refractivity contribution in [2.45, 2.75) is 18.2 Å². The zero-order valence-electron chi connectivity index (χ0n) is 19.9. The van der Waals surface area contributed by atoms with Gasteiger partial charge in [-0.2, -0.15) is 0 Å². The summed E-state index contributed by atoms with van der Waals surface area (Å²) in [4.78, 5) is 24.9. The van der Waals surface area contributed by atoms with E-state index in [1.807, 2.05) is 30.3 Å². The number of carbonyl (C=O) groups excluding carboxylic acids is 2. The highest BCUT2D eigenvalue weighted by atomic mass is 32.2. The minimum Gasteiger partial charge on any atom is -0.495 e. The third-order valence-corrected chi connectivity index (χ3v) is 7.29. The molecule has 0 radical (unpaired) electrons. The molecule has 0 heterocycles. The second kappa shape index (κ2) is 11.5. The van der Waals surface area contributed by atoms with Gasteiger partial charge in [0.25, 0.3) is 15.9 Å². The van der Waals surface area contributed by atoms with Gasteiger partial charge < -0.3 is 15.4 Å². The molecule has 0 atom stereocenters. The number of benzene rings is 3. The van der Waals surface area contributed by atoms with E-state index in [1.165, 1.54) is 26.3 Å². The lowest BCUT2D eigenvalue weighted by molar-refractivity contribution is -0.120. The quantitative estimate of drug-likeness (QED) is 0.450. The van der Waals surface area contributed by atoms with Crippen molar-refractivity contribution >= 4 is 27.5 Å². The number of para-hydroxylation sites is 2. The van der Waals surface area contributed by atoms with Crippen LogP contribution in [0.5, 0.6) is 5.75 Å². The molecule has 0 saturated carbocycles. The van der Waals surface area contributed by atoms with Gasteiger partial charge in [-0.1, -0.05) is 48.5 Å². The molecular weight excluding hydrogens is 466 g/mol. The Balaban J connectivity index is 1.66. The number of aryl methyl sites for hydroxylation is 1. The topological polar surface area (TPSA) is 105 Å². The number of ether oxygens (including phenoxy) is 1. The largest absolute Gasteiger partial charge is 0.495 e. The average molecular weight is 496 g/mol. The Kier molecular flexibility index (Phi) is 8.48. The van der Waals surface area contributed by atoms with Crippen LogP contribution in [0.4, 0.5) is 5.69 Å². The number of hydrogen-bond donors (Lipinski definition) is 2. The van der Waals surface area contributed by atoms with E-state index >= 15 is 0 Å². The molecule has 35 heavy (non-hydrogen) atoms. The number of rotatable bonds is 10. The Hall–Kier alpha value is -3.85. The number of carbonyl (C=O) groups is 2. The summed E-state index contributed by atoms with van der Waals surface area (Å²) < 4.78 is 32.9. The molecule has 0 aliphatic carbocycles. The van der Waals surface area contributed by atoms with E-state index < -0.39 is 15.9 Å². The van der Waals surface area contributed by atoms with Gasteiger partial charge in [0, 0.05) is 19.2 Å². The van der Waals surface area contributed by atoms with Crippen LogP contribution in [0.1, 0.15) is 21.5 Å². The van der Waals surface area contributed by atoms with E-state index in [-0.39, 0.29) is 22.9 Å². The van der Waals surface area contributed by atoms with Crippen LogP contribution in [-0.2, 0) is 21.2 Å². The SMILES string of the molecule is COc1ccccc1N(C)S(=O)(=O)c1ccc(C)c(C(=O)NCC(=O)NCCc2ccccc2)c1. The molecule has 0 fully saturated rings. The number of sulfonamides is 1. The summed E-state index contributed by atoms with van der Waals surface area (Å²) in [6.45, 7) is 1.93. The van der Waals surface area contributed by atoms with Crippen molar-refractivity contribution in [2.75, 3.05) is 31.6 Å². The van der Waals surface area contributed by atoms with Crippen LogP contribution in [0.15, 0.2) is 77.7 Å². The fourth-order valence-electron chi connectivity index (χ4n) is 3.49. The molecule has 184 valence electrons. The van der Waals surface area contributed by atoms with Gasteiger partial charge in [0.05, 0.1) is 24.2 Å². The van der Waals surface area contributed by atoms with Crippen LogP contribution in [0.25, 0.3) is 0 Å². The van der Waals surface area contributed by atoms with Crippen LogP contribution in [-0.4, -0.2) is 47.5 Å². The molecule has 0 spiro atoms. The maximum Gasteiger partial charge on any atom is 0.264 e. The lowest BCUT2D eigenvalue weighted by atomic mass is 10.1. The zero-order valence-corrected chi connectivity index (χ0v) is 20.8. The van der Waals surface area contributed by atoms with E-state index in [0.717, 1.165) is 9.87 Å². The van der Waals surface area contributed by atoms with Gasteiger partial charge in [0.2, 0.25) is 5.91 Å². The molecule has 2 N–H and O–H groups in total. The van der Waals surface area contributed by atoms with Crippen LogP contribution >= 0.6 is 0 Å². The molecule has 0 bridgehead atoms. The van der Waals surface area contributed by atoms with Gasteiger partial charge in [0.1, 0.15) is 5.75 Å². The molecule has 0 aliphatic heterocycles. The summed E-state index contributed by atoms with van der Waals surface area (Å²) >= 11 is 0. The number of methoxy groups -OCH3 is 1. The van der Waals surface area contributed by atoms with Crippen LogP contribution < -0.4 is 19.7 Å². The molecule has 9 heteroatoms. The fraction of sp³-hybridized carbons (Fsp3) is 0.231. The minimum absolute atomic E-state index is 0.0473. The first-order valence-electron chi connectivity index (χ1n) is 11.1. The maximum absolute atomic E-state index is 13.3. The standard InChI is InChI=1S/C26H29N3O5S/c1-19-13-14-21(35(32,33)29(2)23-11-7-8-12-24(23)34-3)17-22(19)26(31)28-18-25(30)27-16-15-20-9-5-4-6-10-20/h4-14,17H,15-16,18H2,1-3H3,(H,27,30)(H,28,31). The first-order valence-corrected chi connectivity index (χ1v) is 12.5. The second-order valence-electron chi connectivity index (χ2n) is 7.89. The van der Waals surface area contributed by atoms with Gasteiger partial charge in [-0.15, -0.1) is 0 Å². The van der Waals surface area contributed by atoms with Crippen molar-refractivity contribution in [2.24, 2.45) is 0 Å². The molecule has 0 aromatic heterocycles. The monoisotopic (exact) mass is 495 g/mol. The summed E-state index contributed by atoms with van der Waals surface area (Å²) in [5.74, 6) is -0.453. The molecule has 0 unspecified atom stereocenters. The van der Waals surface area contributed by atoms with Crippen LogP contribution in [0, 0.1) is 6.92 Å². The molecule has 0 aliphatic rings. The Morgan fingerprint density at radius 3 is 2.34 bits per heavy atom. The first-order chi connectivity index (χ1) is 16.7. The molecule has 8 nitrogen and oxygen atoms in total. The highest BCUT2D eigenvalue weighted by Crippen LogP contribution is 2.31. The number of amides is 2. The van der Waals surface area contributed by atoms with Crippen LogP contribution in [0.3, 0.4) is 0 Å². The Morgan fingerprint density at radius 2 is 1.63 bits per heavy atom. The Labute approximate surface area is 206 Å². The van der Waals surface area contributed by atoms with Gasteiger partial charge in [-0.05, 0) is 48.7 Å². The van der Waals surface area contributed by atoms with Gasteiger partial charge in [0.15, 0.2) is 0 Å². The van der Waals surface area contributed by atoms with Crippen LogP contribution in [0.2, 0.25) is 0 Å². The third-order valence-electron chi connectivity index (χ3n) is 5.52. The van der Waals surface area contributed by atoms with E-state index in [1.54, 1.807) is 37.3 Å². The highest BCUT2D eigenvalue weighted by Gasteiger charge is 2.25. The number of nitrogens with zero attached hydrogens (tertiary/aromatic N) is 1. The fourth-order valence-corrected chi connectivity index (χ4v) is 4.73. The normalized spacial score (nSPS) is 10.9. The average Bonchev–Trinajstić information content (AvgIpc) is 2.87. The lowest BCUT2D eigenvalue weighted by Gasteiger charge is -2.22. The highest BCUT2D eigenvalue weighted by molar-refractivity contribution is 7.92. The Morgan fingerprint density at radius 1 is 0.943 bits per heavy atom. The van der Waals surface area contributed by atoms with Crippen molar-refractivity contribution in [1.82, 2.24) is 10.6 Å². The first kappa shape index (κ1) is 25.8. The number of anilines is 1. The summed E-state index contributed by atoms with van der Waals surface area (Å²) in [6.07, 6.45) is 0.680. The maximum atomic E-state index is 13.3. The summed E-state index contributed by atoms with van der Waals surface area (Å²) in [5.41, 5.74) is 2.24. The summed E-state index contributed by atoms with van der Waals surface area (Å²) in [5, 5.41) is 5.33. The molecule has 0 saturated heterocycles. The zero-order chi connectivity index (χ0) is 25.4. The van der Waals surface area contributed by atoms with E-state index in [4.69, 9.17) is 4.74 Å². The Bertz CT molecular complexity index is 1290.